The molecule has 1 aromatic carbocycles. The molecule has 164 valence electrons. The molecule has 1 saturated heterocycles. The van der Waals surface area contributed by atoms with E-state index in [1.54, 1.807) is 18.7 Å². The van der Waals surface area contributed by atoms with Crippen molar-refractivity contribution in [3.8, 4) is 0 Å². The molecule has 1 fully saturated rings. The highest BCUT2D eigenvalue weighted by Crippen LogP contribution is 2.32. The van der Waals surface area contributed by atoms with Gasteiger partial charge in [-0.25, -0.2) is 19.9 Å². The molecule has 9 heteroatoms. The van der Waals surface area contributed by atoms with Gasteiger partial charge in [-0.3, -0.25) is 4.79 Å². The number of aromatic nitrogens is 4. The van der Waals surface area contributed by atoms with Gasteiger partial charge >= 0.3 is 0 Å². The number of likely N-dealkylation sites (N-methyl/N-ethyl adjacent to an activating group) is 1. The molecule has 0 unspecified atom stereocenters. The molecule has 2 aliphatic rings. The van der Waals surface area contributed by atoms with Gasteiger partial charge in [0.1, 0.15) is 18.0 Å². The molecule has 3 aromatic rings. The minimum absolute atomic E-state index is 0.0475. The zero-order valence-electron chi connectivity index (χ0n) is 18.3. The summed E-state index contributed by atoms with van der Waals surface area (Å²) in [6, 6.07) is 9.89. The molecule has 5 rings (SSSR count). The molecule has 0 bridgehead atoms. The van der Waals surface area contributed by atoms with E-state index in [1.807, 2.05) is 54.1 Å². The third-order valence-corrected chi connectivity index (χ3v) is 6.01. The number of benzene rings is 1. The van der Waals surface area contributed by atoms with Crippen molar-refractivity contribution >= 4 is 29.2 Å². The van der Waals surface area contributed by atoms with E-state index in [0.29, 0.717) is 6.54 Å². The van der Waals surface area contributed by atoms with Gasteiger partial charge in [-0.15, -0.1) is 0 Å². The van der Waals surface area contributed by atoms with Crippen LogP contribution in [0.25, 0.3) is 0 Å². The van der Waals surface area contributed by atoms with Gasteiger partial charge in [0.15, 0.2) is 0 Å². The number of piperazine rings is 1. The van der Waals surface area contributed by atoms with Gasteiger partial charge in [-0.2, -0.15) is 0 Å². The minimum Gasteiger partial charge on any atom is -0.353 e. The van der Waals surface area contributed by atoms with Crippen molar-refractivity contribution < 1.29 is 4.79 Å². The Bertz CT molecular complexity index is 1100. The highest BCUT2D eigenvalue weighted by atomic mass is 16.2. The van der Waals surface area contributed by atoms with Crippen LogP contribution in [0.3, 0.4) is 0 Å². The summed E-state index contributed by atoms with van der Waals surface area (Å²) in [5, 5.41) is 0. The first-order valence-electron chi connectivity index (χ1n) is 10.8. The Kier molecular flexibility index (Phi) is 5.30. The normalized spacial score (nSPS) is 16.8. The Morgan fingerprint density at radius 1 is 0.812 bits per heavy atom. The molecule has 1 amide bonds. The van der Waals surface area contributed by atoms with E-state index >= 15 is 0 Å². The molecule has 32 heavy (non-hydrogen) atoms. The van der Waals surface area contributed by atoms with Crippen LogP contribution in [-0.4, -0.2) is 65.6 Å². The molecule has 0 aliphatic carbocycles. The van der Waals surface area contributed by atoms with E-state index in [1.165, 1.54) is 0 Å². The number of amides is 1. The molecule has 0 radical (unpaired) electrons. The Labute approximate surface area is 187 Å². The van der Waals surface area contributed by atoms with Crippen LogP contribution in [0.5, 0.6) is 0 Å². The number of nitrogens with zero attached hydrogens (tertiary/aromatic N) is 8. The lowest BCUT2D eigenvalue weighted by Gasteiger charge is -2.36. The van der Waals surface area contributed by atoms with Crippen molar-refractivity contribution in [3.63, 3.8) is 0 Å². The lowest BCUT2D eigenvalue weighted by molar-refractivity contribution is -0.117. The monoisotopic (exact) mass is 430 g/mol. The lowest BCUT2D eigenvalue weighted by Crippen LogP contribution is -2.47. The number of carbonyl (C=O) groups excluding carboxylic acids is 1. The first-order chi connectivity index (χ1) is 15.6. The van der Waals surface area contributed by atoms with Crippen LogP contribution in [0.15, 0.2) is 49.1 Å². The maximum absolute atomic E-state index is 13.1. The summed E-state index contributed by atoms with van der Waals surface area (Å²) in [6.45, 7) is 5.96. The summed E-state index contributed by atoms with van der Waals surface area (Å²) < 4.78 is 0. The van der Waals surface area contributed by atoms with Gasteiger partial charge in [0, 0.05) is 51.3 Å². The second kappa shape index (κ2) is 8.41. The van der Waals surface area contributed by atoms with Gasteiger partial charge in [0.25, 0.3) is 0 Å². The molecule has 0 spiro atoms. The topological polar surface area (TPSA) is 81.6 Å². The van der Waals surface area contributed by atoms with E-state index in [4.69, 9.17) is 0 Å². The summed E-state index contributed by atoms with van der Waals surface area (Å²) in [5.74, 6) is 2.50. The number of hydrogen-bond acceptors (Lipinski definition) is 8. The average molecular weight is 431 g/mol. The zero-order chi connectivity index (χ0) is 22.1. The summed E-state index contributed by atoms with van der Waals surface area (Å²) in [4.78, 5) is 39.2. The Balaban J connectivity index is 1.43. The number of fused-ring (bicyclic) bond motifs is 1. The van der Waals surface area contributed by atoms with E-state index < -0.39 is 0 Å². The number of aryl methyl sites for hydroxylation is 1. The SMILES string of the molecule is Cc1ccc(N2Cc3c(ncnc3N3CCN(c4ncccn4)CC3)N(C)CC2=O)cc1. The average Bonchev–Trinajstić information content (AvgIpc) is 2.96. The summed E-state index contributed by atoms with van der Waals surface area (Å²) in [5.41, 5.74) is 3.03. The highest BCUT2D eigenvalue weighted by molar-refractivity contribution is 5.97. The predicted octanol–water partition coefficient (Wildman–Crippen LogP) is 1.88. The van der Waals surface area contributed by atoms with E-state index in [9.17, 15) is 4.79 Å². The lowest BCUT2D eigenvalue weighted by atomic mass is 10.1. The van der Waals surface area contributed by atoms with Gasteiger partial charge in [-0.1, -0.05) is 17.7 Å². The number of carbonyl (C=O) groups is 1. The maximum atomic E-state index is 13.1. The van der Waals surface area contributed by atoms with Crippen LogP contribution in [0.1, 0.15) is 11.1 Å². The number of anilines is 4. The van der Waals surface area contributed by atoms with E-state index in [-0.39, 0.29) is 12.5 Å². The van der Waals surface area contributed by atoms with Gasteiger partial charge in [0.2, 0.25) is 11.9 Å². The Morgan fingerprint density at radius 3 is 2.19 bits per heavy atom. The van der Waals surface area contributed by atoms with Crippen LogP contribution in [-0.2, 0) is 11.3 Å². The number of rotatable bonds is 3. The largest absolute Gasteiger partial charge is 0.353 e. The fourth-order valence-electron chi connectivity index (χ4n) is 4.28. The zero-order valence-corrected chi connectivity index (χ0v) is 18.3. The third kappa shape index (κ3) is 3.81. The predicted molar refractivity (Wildman–Crippen MR) is 124 cm³/mol. The van der Waals surface area contributed by atoms with Crippen LogP contribution in [0.4, 0.5) is 23.3 Å². The Hall–Kier alpha value is -3.75. The Morgan fingerprint density at radius 2 is 1.47 bits per heavy atom. The van der Waals surface area contributed by atoms with Crippen molar-refractivity contribution in [2.45, 2.75) is 13.5 Å². The van der Waals surface area contributed by atoms with E-state index in [0.717, 1.165) is 60.6 Å². The first-order valence-corrected chi connectivity index (χ1v) is 10.8. The molecule has 0 saturated carbocycles. The van der Waals surface area contributed by atoms with Crippen LogP contribution in [0.2, 0.25) is 0 Å². The van der Waals surface area contributed by atoms with Gasteiger partial charge in [0.05, 0.1) is 18.7 Å². The second-order valence-electron chi connectivity index (χ2n) is 8.19. The summed E-state index contributed by atoms with van der Waals surface area (Å²) >= 11 is 0. The summed E-state index contributed by atoms with van der Waals surface area (Å²) in [6.07, 6.45) is 5.14. The maximum Gasteiger partial charge on any atom is 0.246 e. The second-order valence-corrected chi connectivity index (χ2v) is 8.19. The fourth-order valence-corrected chi connectivity index (χ4v) is 4.28. The molecule has 2 aliphatic heterocycles. The molecule has 0 N–H and O–H groups in total. The van der Waals surface area contributed by atoms with Crippen LogP contribution in [0, 0.1) is 6.92 Å². The quantitative estimate of drug-likeness (QED) is 0.623. The van der Waals surface area contributed by atoms with Gasteiger partial charge in [-0.05, 0) is 25.1 Å². The molecule has 9 nitrogen and oxygen atoms in total. The van der Waals surface area contributed by atoms with Gasteiger partial charge < -0.3 is 19.6 Å². The highest BCUT2D eigenvalue weighted by Gasteiger charge is 2.30. The molecular formula is C23H26N8O. The van der Waals surface area contributed by atoms with Crippen LogP contribution >= 0.6 is 0 Å². The van der Waals surface area contributed by atoms with Crippen molar-refractivity contribution in [2.24, 2.45) is 0 Å². The van der Waals surface area contributed by atoms with E-state index in [2.05, 4.69) is 29.7 Å². The fraction of sp³-hybridized carbons (Fsp3) is 0.348. The standard InChI is InChI=1S/C23H26N8O/c1-17-4-6-18(7-5-17)31-14-19-21(28(2)15-20(31)32)26-16-27-22(19)29-10-12-30(13-11-29)23-24-8-3-9-25-23/h3-9,16H,10-15H2,1-2H3. The third-order valence-electron chi connectivity index (χ3n) is 6.01. The number of hydrogen-bond donors (Lipinski definition) is 0. The molecule has 2 aromatic heterocycles. The van der Waals surface area contributed by atoms with Crippen LogP contribution < -0.4 is 19.6 Å². The first kappa shape index (κ1) is 20.2. The smallest absolute Gasteiger partial charge is 0.246 e. The molecular weight excluding hydrogens is 404 g/mol. The van der Waals surface area contributed by atoms with Crippen molar-refractivity contribution in [1.82, 2.24) is 19.9 Å². The minimum atomic E-state index is 0.0475. The summed E-state index contributed by atoms with van der Waals surface area (Å²) in [7, 11) is 1.91. The van der Waals surface area contributed by atoms with Crippen molar-refractivity contribution in [3.05, 3.63) is 60.2 Å². The van der Waals surface area contributed by atoms with Crippen molar-refractivity contribution in [2.75, 3.05) is 59.4 Å². The van der Waals surface area contributed by atoms with Crippen molar-refractivity contribution in [1.29, 1.82) is 0 Å². The molecule has 0 atom stereocenters. The molecule has 4 heterocycles.